The molecular formula is C14H18N2OS. The van der Waals surface area contributed by atoms with Crippen LogP contribution in [0.4, 0.5) is 5.69 Å². The van der Waals surface area contributed by atoms with Gasteiger partial charge in [0, 0.05) is 17.2 Å². The minimum Gasteiger partial charge on any atom is -0.309 e. The molecule has 1 saturated carbocycles. The zero-order chi connectivity index (χ0) is 12.4. The SMILES string of the molecule is O=C(CNCC1CC1)N1CCSc2ccccc21. The average molecular weight is 262 g/mol. The van der Waals surface area contributed by atoms with Crippen LogP contribution in [0, 0.1) is 5.92 Å². The zero-order valence-corrected chi connectivity index (χ0v) is 11.2. The summed E-state index contributed by atoms with van der Waals surface area (Å²) in [4.78, 5) is 15.4. The third-order valence-corrected chi connectivity index (χ3v) is 4.48. The van der Waals surface area contributed by atoms with Crippen molar-refractivity contribution in [3.8, 4) is 0 Å². The van der Waals surface area contributed by atoms with Gasteiger partial charge in [-0.1, -0.05) is 12.1 Å². The van der Waals surface area contributed by atoms with E-state index in [1.165, 1.54) is 17.7 Å². The maximum atomic E-state index is 12.2. The fraction of sp³-hybridized carbons (Fsp3) is 0.500. The Morgan fingerprint density at radius 3 is 3.06 bits per heavy atom. The molecule has 0 saturated heterocycles. The number of hydrogen-bond donors (Lipinski definition) is 1. The van der Waals surface area contributed by atoms with Gasteiger partial charge in [0.05, 0.1) is 12.2 Å². The first-order chi connectivity index (χ1) is 8.84. The Labute approximate surface area is 112 Å². The molecule has 96 valence electrons. The predicted molar refractivity (Wildman–Crippen MR) is 75.1 cm³/mol. The van der Waals surface area contributed by atoms with Crippen molar-refractivity contribution < 1.29 is 4.79 Å². The molecule has 0 unspecified atom stereocenters. The van der Waals surface area contributed by atoms with E-state index in [4.69, 9.17) is 0 Å². The molecule has 0 bridgehead atoms. The number of rotatable bonds is 4. The molecule has 0 atom stereocenters. The van der Waals surface area contributed by atoms with Crippen LogP contribution in [-0.2, 0) is 4.79 Å². The number of carbonyl (C=O) groups is 1. The highest BCUT2D eigenvalue weighted by atomic mass is 32.2. The highest BCUT2D eigenvalue weighted by molar-refractivity contribution is 7.99. The molecule has 1 heterocycles. The molecule has 1 amide bonds. The first-order valence-electron chi connectivity index (χ1n) is 6.57. The van der Waals surface area contributed by atoms with Gasteiger partial charge in [-0.25, -0.2) is 0 Å². The van der Waals surface area contributed by atoms with Gasteiger partial charge >= 0.3 is 0 Å². The number of fused-ring (bicyclic) bond motifs is 1. The third kappa shape index (κ3) is 2.70. The molecule has 0 spiro atoms. The summed E-state index contributed by atoms with van der Waals surface area (Å²) >= 11 is 1.83. The molecule has 1 aromatic carbocycles. The number of carbonyl (C=O) groups excluding carboxylic acids is 1. The van der Waals surface area contributed by atoms with E-state index in [-0.39, 0.29) is 5.91 Å². The lowest BCUT2D eigenvalue weighted by Gasteiger charge is -2.29. The Bertz CT molecular complexity index is 445. The van der Waals surface area contributed by atoms with Crippen LogP contribution in [0.5, 0.6) is 0 Å². The molecule has 1 aromatic rings. The number of para-hydroxylation sites is 1. The summed E-state index contributed by atoms with van der Waals surface area (Å²) in [6, 6.07) is 8.17. The number of nitrogens with zero attached hydrogens (tertiary/aromatic N) is 1. The summed E-state index contributed by atoms with van der Waals surface area (Å²) in [6.07, 6.45) is 2.65. The highest BCUT2D eigenvalue weighted by Crippen LogP contribution is 2.34. The van der Waals surface area contributed by atoms with Gasteiger partial charge in [-0.05, 0) is 37.4 Å². The van der Waals surface area contributed by atoms with E-state index in [0.717, 1.165) is 30.4 Å². The van der Waals surface area contributed by atoms with Crippen LogP contribution in [0.15, 0.2) is 29.2 Å². The second-order valence-electron chi connectivity index (χ2n) is 4.94. The monoisotopic (exact) mass is 262 g/mol. The molecule has 3 rings (SSSR count). The Morgan fingerprint density at radius 1 is 1.39 bits per heavy atom. The van der Waals surface area contributed by atoms with Gasteiger partial charge in [0.1, 0.15) is 0 Å². The van der Waals surface area contributed by atoms with Crippen molar-refractivity contribution in [2.24, 2.45) is 5.92 Å². The Balaban J connectivity index is 1.62. The molecule has 3 nitrogen and oxygen atoms in total. The summed E-state index contributed by atoms with van der Waals surface area (Å²) in [5.41, 5.74) is 1.08. The van der Waals surface area contributed by atoms with E-state index in [9.17, 15) is 4.79 Å². The zero-order valence-electron chi connectivity index (χ0n) is 10.4. The Hall–Kier alpha value is -1.00. The number of thioether (sulfide) groups is 1. The van der Waals surface area contributed by atoms with Gasteiger partial charge in [-0.2, -0.15) is 0 Å². The third-order valence-electron chi connectivity index (χ3n) is 3.44. The first kappa shape index (κ1) is 12.1. The van der Waals surface area contributed by atoms with Crippen molar-refractivity contribution in [3.63, 3.8) is 0 Å². The lowest BCUT2D eigenvalue weighted by Crippen LogP contribution is -2.41. The van der Waals surface area contributed by atoms with Crippen molar-refractivity contribution >= 4 is 23.4 Å². The van der Waals surface area contributed by atoms with E-state index >= 15 is 0 Å². The molecule has 1 fully saturated rings. The average Bonchev–Trinajstić information content (AvgIpc) is 3.22. The fourth-order valence-electron chi connectivity index (χ4n) is 2.23. The summed E-state index contributed by atoms with van der Waals surface area (Å²) in [6.45, 7) is 2.29. The quantitative estimate of drug-likeness (QED) is 0.902. The molecule has 0 aromatic heterocycles. The standard InChI is InChI=1S/C14H18N2OS/c17-14(10-15-9-11-5-6-11)16-7-8-18-13-4-2-1-3-12(13)16/h1-4,11,15H,5-10H2. The molecule has 1 aliphatic heterocycles. The van der Waals surface area contributed by atoms with Gasteiger partial charge in [0.15, 0.2) is 0 Å². The number of amides is 1. The van der Waals surface area contributed by atoms with Crippen molar-refractivity contribution in [1.29, 1.82) is 0 Å². The topological polar surface area (TPSA) is 32.3 Å². The number of hydrogen-bond acceptors (Lipinski definition) is 3. The van der Waals surface area contributed by atoms with Crippen LogP contribution in [0.1, 0.15) is 12.8 Å². The summed E-state index contributed by atoms with van der Waals surface area (Å²) < 4.78 is 0. The minimum absolute atomic E-state index is 0.198. The van der Waals surface area contributed by atoms with Gasteiger partial charge < -0.3 is 10.2 Å². The predicted octanol–water partition coefficient (Wildman–Crippen LogP) is 2.12. The highest BCUT2D eigenvalue weighted by Gasteiger charge is 2.24. The molecular weight excluding hydrogens is 244 g/mol. The second-order valence-corrected chi connectivity index (χ2v) is 6.07. The van der Waals surface area contributed by atoms with Crippen LogP contribution in [0.2, 0.25) is 0 Å². The maximum absolute atomic E-state index is 12.2. The molecule has 2 aliphatic rings. The van der Waals surface area contributed by atoms with Gasteiger partial charge in [0.2, 0.25) is 5.91 Å². The lowest BCUT2D eigenvalue weighted by atomic mass is 10.2. The van der Waals surface area contributed by atoms with Crippen molar-refractivity contribution in [2.75, 3.05) is 30.3 Å². The van der Waals surface area contributed by atoms with Crippen LogP contribution < -0.4 is 10.2 Å². The van der Waals surface area contributed by atoms with Gasteiger partial charge in [0.25, 0.3) is 0 Å². The van der Waals surface area contributed by atoms with Gasteiger partial charge in [-0.15, -0.1) is 11.8 Å². The minimum atomic E-state index is 0.198. The van der Waals surface area contributed by atoms with Crippen molar-refractivity contribution in [1.82, 2.24) is 5.32 Å². The Morgan fingerprint density at radius 2 is 2.22 bits per heavy atom. The second kappa shape index (κ2) is 5.33. The largest absolute Gasteiger partial charge is 0.309 e. The van der Waals surface area contributed by atoms with Gasteiger partial charge in [-0.3, -0.25) is 4.79 Å². The maximum Gasteiger partial charge on any atom is 0.240 e. The van der Waals surface area contributed by atoms with E-state index in [2.05, 4.69) is 11.4 Å². The molecule has 1 N–H and O–H groups in total. The summed E-state index contributed by atoms with van der Waals surface area (Å²) in [5, 5.41) is 3.28. The lowest BCUT2D eigenvalue weighted by molar-refractivity contribution is -0.117. The molecule has 0 radical (unpaired) electrons. The van der Waals surface area contributed by atoms with Crippen molar-refractivity contribution in [3.05, 3.63) is 24.3 Å². The van der Waals surface area contributed by atoms with E-state index < -0.39 is 0 Å². The number of anilines is 1. The first-order valence-corrected chi connectivity index (χ1v) is 7.56. The van der Waals surface area contributed by atoms with Crippen LogP contribution in [0.25, 0.3) is 0 Å². The summed E-state index contributed by atoms with van der Waals surface area (Å²) in [5.74, 6) is 2.01. The smallest absolute Gasteiger partial charge is 0.240 e. The van der Waals surface area contributed by atoms with Crippen LogP contribution in [0.3, 0.4) is 0 Å². The normalized spacial score (nSPS) is 18.6. The summed E-state index contributed by atoms with van der Waals surface area (Å²) in [7, 11) is 0. The van der Waals surface area contributed by atoms with E-state index in [1.54, 1.807) is 0 Å². The number of benzene rings is 1. The number of nitrogens with one attached hydrogen (secondary N) is 1. The van der Waals surface area contributed by atoms with Crippen LogP contribution in [-0.4, -0.2) is 31.3 Å². The Kier molecular flexibility index (Phi) is 3.57. The van der Waals surface area contributed by atoms with E-state index in [1.807, 2.05) is 34.9 Å². The van der Waals surface area contributed by atoms with E-state index in [0.29, 0.717) is 6.54 Å². The molecule has 18 heavy (non-hydrogen) atoms. The molecule has 4 heteroatoms. The van der Waals surface area contributed by atoms with Crippen LogP contribution >= 0.6 is 11.8 Å². The fourth-order valence-corrected chi connectivity index (χ4v) is 3.22. The van der Waals surface area contributed by atoms with Crippen molar-refractivity contribution in [2.45, 2.75) is 17.7 Å². The molecule has 1 aliphatic carbocycles.